The van der Waals surface area contributed by atoms with Crippen LogP contribution in [0.3, 0.4) is 0 Å². The molecule has 0 radical (unpaired) electrons. The molecule has 23 heavy (non-hydrogen) atoms. The minimum Gasteiger partial charge on any atom is -0.482 e. The van der Waals surface area contributed by atoms with Gasteiger partial charge in [0.15, 0.2) is 11.5 Å². The molecule has 0 saturated carbocycles. The van der Waals surface area contributed by atoms with E-state index in [1.54, 1.807) is 11.3 Å². The van der Waals surface area contributed by atoms with E-state index in [1.165, 1.54) is 0 Å². The molecule has 0 aliphatic carbocycles. The highest BCUT2D eigenvalue weighted by atomic mass is 32.1. The minimum atomic E-state index is -0.665. The van der Waals surface area contributed by atoms with E-state index in [1.807, 2.05) is 52.0 Å². The van der Waals surface area contributed by atoms with Gasteiger partial charge in [0.05, 0.1) is 16.7 Å². The number of rotatable bonds is 3. The molecule has 0 spiro atoms. The number of amides is 1. The van der Waals surface area contributed by atoms with Gasteiger partial charge < -0.3 is 14.8 Å². The van der Waals surface area contributed by atoms with Crippen LogP contribution in [0.1, 0.15) is 35.5 Å². The van der Waals surface area contributed by atoms with E-state index in [0.29, 0.717) is 11.5 Å². The van der Waals surface area contributed by atoms with Crippen LogP contribution < -0.4 is 14.8 Å². The van der Waals surface area contributed by atoms with Gasteiger partial charge in [0.2, 0.25) is 6.10 Å². The number of aryl methyl sites for hydroxylation is 2. The van der Waals surface area contributed by atoms with E-state index in [9.17, 15) is 4.79 Å². The van der Waals surface area contributed by atoms with Crippen LogP contribution in [0.25, 0.3) is 0 Å². The molecule has 1 aromatic heterocycles. The number of carbonyl (C=O) groups excluding carboxylic acids is 1. The third-order valence-electron chi connectivity index (χ3n) is 3.79. The zero-order chi connectivity index (χ0) is 16.6. The first-order chi connectivity index (χ1) is 11.0. The molecular weight excluding hydrogens is 312 g/mol. The van der Waals surface area contributed by atoms with Gasteiger partial charge in [0.1, 0.15) is 6.10 Å². The molecule has 0 unspecified atom stereocenters. The molecule has 0 fully saturated rings. The number of nitrogens with zero attached hydrogens (tertiary/aromatic N) is 1. The lowest BCUT2D eigenvalue weighted by Crippen LogP contribution is -2.49. The second-order valence-electron chi connectivity index (χ2n) is 5.72. The molecular formula is C17H20N2O3S. The number of nitrogens with one attached hydrogen (secondary N) is 1. The van der Waals surface area contributed by atoms with Crippen molar-refractivity contribution in [1.29, 1.82) is 0 Å². The summed E-state index contributed by atoms with van der Waals surface area (Å²) in [7, 11) is 0. The van der Waals surface area contributed by atoms with Gasteiger partial charge in [-0.1, -0.05) is 12.1 Å². The average molecular weight is 332 g/mol. The first-order valence-corrected chi connectivity index (χ1v) is 8.44. The SMILES string of the molecule is Cc1nc(C)c([C@H](C)NC(=O)[C@H]2Oc3ccccc3O[C@@H]2C)s1. The summed E-state index contributed by atoms with van der Waals surface area (Å²) in [6, 6.07) is 7.28. The molecule has 0 bridgehead atoms. The molecule has 6 heteroatoms. The quantitative estimate of drug-likeness (QED) is 0.938. The summed E-state index contributed by atoms with van der Waals surface area (Å²) in [6.45, 7) is 7.72. The molecule has 3 atom stereocenters. The molecule has 3 rings (SSSR count). The molecule has 2 aromatic rings. The number of thiazole rings is 1. The number of ether oxygens (including phenoxy) is 2. The largest absolute Gasteiger partial charge is 0.482 e. The molecule has 1 amide bonds. The van der Waals surface area contributed by atoms with Gasteiger partial charge in [-0.15, -0.1) is 11.3 Å². The predicted octanol–water partition coefficient (Wildman–Crippen LogP) is 3.17. The first-order valence-electron chi connectivity index (χ1n) is 7.62. The lowest BCUT2D eigenvalue weighted by atomic mass is 10.1. The fraction of sp³-hybridized carbons (Fsp3) is 0.412. The highest BCUT2D eigenvalue weighted by molar-refractivity contribution is 7.11. The van der Waals surface area contributed by atoms with Crippen molar-refractivity contribution in [2.45, 2.75) is 45.9 Å². The molecule has 5 nitrogen and oxygen atoms in total. The second kappa shape index (κ2) is 6.20. The van der Waals surface area contributed by atoms with Crippen LogP contribution in [0.15, 0.2) is 24.3 Å². The van der Waals surface area contributed by atoms with Crippen LogP contribution in [-0.4, -0.2) is 23.1 Å². The summed E-state index contributed by atoms with van der Waals surface area (Å²) in [4.78, 5) is 18.1. The van der Waals surface area contributed by atoms with Crippen molar-refractivity contribution in [2.75, 3.05) is 0 Å². The first kappa shape index (κ1) is 15.8. The van der Waals surface area contributed by atoms with Gasteiger partial charge in [-0.25, -0.2) is 4.98 Å². The van der Waals surface area contributed by atoms with E-state index >= 15 is 0 Å². The van der Waals surface area contributed by atoms with Gasteiger partial charge in [0.25, 0.3) is 5.91 Å². The highest BCUT2D eigenvalue weighted by Gasteiger charge is 2.34. The van der Waals surface area contributed by atoms with Crippen molar-refractivity contribution >= 4 is 17.2 Å². The van der Waals surface area contributed by atoms with Crippen molar-refractivity contribution in [2.24, 2.45) is 0 Å². The Labute approximate surface area is 139 Å². The van der Waals surface area contributed by atoms with Crippen molar-refractivity contribution in [3.63, 3.8) is 0 Å². The van der Waals surface area contributed by atoms with Gasteiger partial charge in [0, 0.05) is 4.88 Å². The Bertz CT molecular complexity index is 728. The number of hydrogen-bond donors (Lipinski definition) is 1. The van der Waals surface area contributed by atoms with Crippen LogP contribution in [0, 0.1) is 13.8 Å². The summed E-state index contributed by atoms with van der Waals surface area (Å²) in [6.07, 6.45) is -1.01. The second-order valence-corrected chi connectivity index (χ2v) is 6.96. The minimum absolute atomic E-state index is 0.110. The average Bonchev–Trinajstić information content (AvgIpc) is 2.85. The van der Waals surface area contributed by atoms with Crippen molar-refractivity contribution in [3.05, 3.63) is 39.8 Å². The molecule has 2 heterocycles. The normalized spacial score (nSPS) is 20.9. The summed E-state index contributed by atoms with van der Waals surface area (Å²) in [5.74, 6) is 1.10. The van der Waals surface area contributed by atoms with E-state index < -0.39 is 6.10 Å². The fourth-order valence-electron chi connectivity index (χ4n) is 2.72. The zero-order valence-corrected chi connectivity index (χ0v) is 14.4. The van der Waals surface area contributed by atoms with E-state index in [4.69, 9.17) is 9.47 Å². The molecule has 1 aromatic carbocycles. The summed E-state index contributed by atoms with van der Waals surface area (Å²) in [5, 5.41) is 4.01. The van der Waals surface area contributed by atoms with Crippen LogP contribution >= 0.6 is 11.3 Å². The Morgan fingerprint density at radius 1 is 1.26 bits per heavy atom. The van der Waals surface area contributed by atoms with Gasteiger partial charge in [-0.3, -0.25) is 4.79 Å². The zero-order valence-electron chi connectivity index (χ0n) is 13.6. The number of benzene rings is 1. The monoisotopic (exact) mass is 332 g/mol. The van der Waals surface area contributed by atoms with E-state index in [0.717, 1.165) is 15.6 Å². The van der Waals surface area contributed by atoms with Gasteiger partial charge >= 0.3 is 0 Å². The Kier molecular flexibility index (Phi) is 4.26. The van der Waals surface area contributed by atoms with Crippen molar-refractivity contribution in [1.82, 2.24) is 10.3 Å². The number of aromatic nitrogens is 1. The smallest absolute Gasteiger partial charge is 0.265 e. The number of hydrogen-bond acceptors (Lipinski definition) is 5. The standard InChI is InChI=1S/C17H20N2O3S/c1-9-16(23-12(4)18-9)10(2)19-17(20)15-11(3)21-13-7-5-6-8-14(13)22-15/h5-8,10-11,15H,1-4H3,(H,19,20)/t10-,11+,15-/m0/s1. The number of carbonyl (C=O) groups is 1. The van der Waals surface area contributed by atoms with Gasteiger partial charge in [-0.2, -0.15) is 0 Å². The third kappa shape index (κ3) is 3.17. The Balaban J connectivity index is 1.72. The maximum absolute atomic E-state index is 12.6. The topological polar surface area (TPSA) is 60.5 Å². The van der Waals surface area contributed by atoms with E-state index in [-0.39, 0.29) is 18.1 Å². The number of fused-ring (bicyclic) bond motifs is 1. The summed E-state index contributed by atoms with van der Waals surface area (Å²) >= 11 is 1.60. The van der Waals surface area contributed by atoms with Crippen LogP contribution in [0.5, 0.6) is 11.5 Å². The Hall–Kier alpha value is -2.08. The summed E-state index contributed by atoms with van der Waals surface area (Å²) < 4.78 is 11.6. The predicted molar refractivity (Wildman–Crippen MR) is 89.1 cm³/mol. The van der Waals surface area contributed by atoms with Crippen molar-refractivity contribution in [3.8, 4) is 11.5 Å². The maximum Gasteiger partial charge on any atom is 0.265 e. The highest BCUT2D eigenvalue weighted by Crippen LogP contribution is 2.33. The van der Waals surface area contributed by atoms with E-state index in [2.05, 4.69) is 10.3 Å². The number of para-hydroxylation sites is 2. The Morgan fingerprint density at radius 2 is 1.91 bits per heavy atom. The summed E-state index contributed by atoms with van der Waals surface area (Å²) in [5.41, 5.74) is 0.958. The maximum atomic E-state index is 12.6. The molecule has 1 aliphatic heterocycles. The molecule has 1 aliphatic rings. The van der Waals surface area contributed by atoms with Crippen LogP contribution in [0.2, 0.25) is 0 Å². The Morgan fingerprint density at radius 3 is 2.52 bits per heavy atom. The lowest BCUT2D eigenvalue weighted by molar-refractivity contribution is -0.134. The molecule has 1 N–H and O–H groups in total. The molecule has 122 valence electrons. The van der Waals surface area contributed by atoms with Crippen LogP contribution in [0.4, 0.5) is 0 Å². The molecule has 0 saturated heterocycles. The fourth-order valence-corrected chi connectivity index (χ4v) is 3.65. The lowest BCUT2D eigenvalue weighted by Gasteiger charge is -2.31. The van der Waals surface area contributed by atoms with Gasteiger partial charge in [-0.05, 0) is 39.8 Å². The van der Waals surface area contributed by atoms with Crippen molar-refractivity contribution < 1.29 is 14.3 Å². The third-order valence-corrected chi connectivity index (χ3v) is 5.05. The van der Waals surface area contributed by atoms with Crippen LogP contribution in [-0.2, 0) is 4.79 Å².